The molecule has 758 valence electrons. The van der Waals surface area contributed by atoms with Crippen molar-refractivity contribution in [2.45, 2.75) is 129 Å². The highest BCUT2D eigenvalue weighted by atomic mass is 16.6. The van der Waals surface area contributed by atoms with Gasteiger partial charge in [-0.05, 0) is 196 Å². The third kappa shape index (κ3) is 22.3. The first-order chi connectivity index (χ1) is 71.8. The number of aromatic amines is 4. The summed E-state index contributed by atoms with van der Waals surface area (Å²) in [5.41, 5.74) is 19.8. The molecule has 5 amide bonds. The maximum atomic E-state index is 12.0. The number of benzene rings is 7. The van der Waals surface area contributed by atoms with Crippen LogP contribution in [-0.4, -0.2) is 215 Å². The van der Waals surface area contributed by atoms with Gasteiger partial charge in [-0.1, -0.05) is 36.4 Å². The van der Waals surface area contributed by atoms with Gasteiger partial charge in [-0.25, -0.2) is 15.0 Å². The number of rotatable bonds is 27. The first-order valence-electron chi connectivity index (χ1n) is 48.7. The van der Waals surface area contributed by atoms with Crippen LogP contribution in [0.15, 0.2) is 192 Å². The van der Waals surface area contributed by atoms with Crippen LogP contribution in [0.2, 0.25) is 0 Å². The molecule has 11 aromatic heterocycles. The SMILES string of the molecule is CNC(=O)c1ccc(-c2c[nH]c3nc(Nc4ccc(C(=O)NC)cc4C)nc(O[C@H]4CCOC4)c23)cc1.CNC(=O)c1ccc(Cc2nc(OC3CC3)c3c(-c4ccc5nc(C)oc5c4)c[nH]c3n2)c(OC)c1.CNC(=O)c1ccc(Nc2nc(OC3CCC(C)(O)CC3)c3c(-c4ccc5nc(C)oc5c4)c[nH]c3n2)c(C)c1.CNC(=O)c1ccc(Nc2nc(OC3CCOCC3)c3c(-c4cccnc4)c[nH]c3n2)c(OC)c1. The van der Waals surface area contributed by atoms with Gasteiger partial charge in [0.1, 0.15) is 75.4 Å². The number of ether oxygens (including phenoxy) is 8. The molecule has 13 heterocycles. The van der Waals surface area contributed by atoms with Crippen molar-refractivity contribution in [2.24, 2.45) is 0 Å². The number of hydrogen-bond donors (Lipinski definition) is 13. The van der Waals surface area contributed by atoms with Crippen molar-refractivity contribution in [3.05, 3.63) is 245 Å². The lowest BCUT2D eigenvalue weighted by Gasteiger charge is -2.33. The molecule has 7 aromatic carbocycles. The van der Waals surface area contributed by atoms with Crippen LogP contribution in [0.1, 0.15) is 151 Å². The Balaban J connectivity index is 0.000000124. The van der Waals surface area contributed by atoms with Gasteiger partial charge in [0.05, 0.1) is 73.5 Å². The smallest absolute Gasteiger partial charge is 0.251 e. The van der Waals surface area contributed by atoms with Gasteiger partial charge in [-0.3, -0.25) is 29.0 Å². The van der Waals surface area contributed by atoms with Crippen LogP contribution in [0.5, 0.6) is 35.0 Å². The van der Waals surface area contributed by atoms with Crippen LogP contribution < -0.4 is 71.0 Å². The second-order valence-corrected chi connectivity index (χ2v) is 36.5. The molecule has 148 heavy (non-hydrogen) atoms. The number of amides is 5. The van der Waals surface area contributed by atoms with Crippen LogP contribution in [0, 0.1) is 27.7 Å². The molecular formula is C109H111N23O16. The number of carbonyl (C=O) groups excluding carboxylic acids is 5. The summed E-state index contributed by atoms with van der Waals surface area (Å²) in [6, 6.07) is 44.3. The zero-order valence-corrected chi connectivity index (χ0v) is 83.5. The van der Waals surface area contributed by atoms with Crippen LogP contribution in [0.4, 0.5) is 34.9 Å². The first kappa shape index (κ1) is 99.3. The van der Waals surface area contributed by atoms with Crippen LogP contribution in [0.3, 0.4) is 0 Å². The predicted molar refractivity (Wildman–Crippen MR) is 559 cm³/mol. The molecule has 13 N–H and O–H groups in total. The van der Waals surface area contributed by atoms with E-state index >= 15 is 0 Å². The molecule has 0 spiro atoms. The van der Waals surface area contributed by atoms with Gasteiger partial charge in [-0.2, -0.15) is 34.9 Å². The molecule has 18 aromatic rings. The van der Waals surface area contributed by atoms with Gasteiger partial charge in [0.15, 0.2) is 22.9 Å². The number of aliphatic hydroxyl groups is 1. The van der Waals surface area contributed by atoms with E-state index in [4.69, 9.17) is 81.6 Å². The Bertz CT molecular complexity index is 7990. The maximum absolute atomic E-state index is 12.0. The van der Waals surface area contributed by atoms with Gasteiger partial charge in [0, 0.05) is 185 Å². The second-order valence-electron chi connectivity index (χ2n) is 36.5. The first-order valence-corrected chi connectivity index (χ1v) is 48.7. The highest BCUT2D eigenvalue weighted by Gasteiger charge is 2.34. The minimum Gasteiger partial charge on any atom is -0.496 e. The van der Waals surface area contributed by atoms with Crippen molar-refractivity contribution >= 4 is 131 Å². The minimum atomic E-state index is -0.671. The molecular weight excluding hydrogens is 1890 g/mol. The van der Waals surface area contributed by atoms with Crippen LogP contribution >= 0.6 is 0 Å². The van der Waals surface area contributed by atoms with Crippen molar-refractivity contribution in [3.63, 3.8) is 0 Å². The number of pyridine rings is 1. The highest BCUT2D eigenvalue weighted by Crippen LogP contribution is 2.45. The summed E-state index contributed by atoms with van der Waals surface area (Å²) >= 11 is 0. The number of nitrogens with zero attached hydrogens (tertiary/aromatic N) is 11. The molecule has 2 aliphatic carbocycles. The van der Waals surface area contributed by atoms with Crippen molar-refractivity contribution < 1.29 is 75.8 Å². The van der Waals surface area contributed by atoms with Gasteiger partial charge in [-0.15, -0.1) is 0 Å². The van der Waals surface area contributed by atoms with Crippen LogP contribution in [0.25, 0.3) is 111 Å². The minimum absolute atomic E-state index is 0.00674. The topological polar surface area (TPSA) is 507 Å². The number of H-pyrrole nitrogens is 4. The third-order valence-electron chi connectivity index (χ3n) is 26.0. The molecule has 0 radical (unpaired) electrons. The average Bonchev–Trinajstić information content (AvgIpc) is 1.62. The Kier molecular flexibility index (Phi) is 29.3. The quantitative estimate of drug-likeness (QED) is 0.0227. The van der Waals surface area contributed by atoms with E-state index in [1.54, 1.807) is 116 Å². The highest BCUT2D eigenvalue weighted by molar-refractivity contribution is 6.04. The number of methoxy groups -OCH3 is 2. The average molecular weight is 2000 g/mol. The number of aryl methyl sites for hydroxylation is 4. The molecule has 4 fully saturated rings. The molecule has 39 nitrogen and oxygen atoms in total. The number of hydrogen-bond acceptors (Lipinski definition) is 30. The number of anilines is 6. The Hall–Kier alpha value is -17.5. The summed E-state index contributed by atoms with van der Waals surface area (Å²) in [7, 11) is 11.1. The maximum Gasteiger partial charge on any atom is 0.251 e. The van der Waals surface area contributed by atoms with E-state index in [2.05, 4.69) is 82.4 Å². The van der Waals surface area contributed by atoms with E-state index in [1.807, 2.05) is 150 Å². The van der Waals surface area contributed by atoms with Crippen molar-refractivity contribution in [1.82, 2.24) is 101 Å². The monoisotopic (exact) mass is 2000 g/mol. The van der Waals surface area contributed by atoms with Crippen molar-refractivity contribution in [2.75, 3.05) is 91.8 Å². The summed E-state index contributed by atoms with van der Waals surface area (Å²) in [4.78, 5) is 124. The zero-order chi connectivity index (χ0) is 103. The lowest BCUT2D eigenvalue weighted by molar-refractivity contribution is -0.0114. The third-order valence-corrected chi connectivity index (χ3v) is 26.0. The predicted octanol–water partition coefficient (Wildman–Crippen LogP) is 17.4. The fourth-order valence-electron chi connectivity index (χ4n) is 17.9. The van der Waals surface area contributed by atoms with Gasteiger partial charge in [0.2, 0.25) is 41.4 Å². The summed E-state index contributed by atoms with van der Waals surface area (Å²) in [5.74, 6) is 5.13. The Morgan fingerprint density at radius 1 is 0.399 bits per heavy atom. The molecule has 4 aliphatic rings. The summed E-state index contributed by atoms with van der Waals surface area (Å²) < 4.78 is 59.1. The van der Waals surface area contributed by atoms with Gasteiger partial charge < -0.3 is 114 Å². The fourth-order valence-corrected chi connectivity index (χ4v) is 17.9. The van der Waals surface area contributed by atoms with Crippen molar-refractivity contribution in [1.29, 1.82) is 0 Å². The fraction of sp³-hybridized carbons (Fsp3) is 0.284. The molecule has 2 aliphatic heterocycles. The molecule has 0 unspecified atom stereocenters. The normalized spacial score (nSPS) is 15.5. The van der Waals surface area contributed by atoms with E-state index in [0.29, 0.717) is 178 Å². The van der Waals surface area contributed by atoms with E-state index < -0.39 is 5.60 Å². The van der Waals surface area contributed by atoms with E-state index in [-0.39, 0.29) is 54.0 Å². The Labute approximate surface area is 848 Å². The second kappa shape index (κ2) is 43.6. The molecule has 0 bridgehead atoms. The standard InChI is InChI=1S/C30H32N6O4.C27H28N6O4.C27H25N5O4.C25H26N6O4/c1-16-13-19(27(37)31-4)6-7-22(16)34-29-35-26-25(28(36-29)40-20-9-11-30(3,38)12-10-20)21(15-32-26)18-5-8-23-24(14-18)39-17(2)33-23;1-15-12-18(25(35)29-3)8-9-21(15)31-27-32-23-22(26(33-27)37-19-10-11-36-14-19)20(13-30-23)16-4-6-17(7-5-16)24(34)28-2;1-14-30-20-9-6-15(10-22(20)35-14)19-13-29-25-24(19)27(36-18-7-8-18)32-23(31-25)12-16-4-5-17(26(33)28-2)11-21(16)34-3;1-26-23(32)15-5-6-19(20(12-15)33-2)29-25-30-22-21(18(14-28-22)16-4-3-9-27-13-16)24(31-25)35-17-7-10-34-11-8-17/h5-8,13-15,20,38H,9-12H2,1-4H3,(H,31,37)(H2,32,34,35,36);4-9,12-13,19H,10-11,14H2,1-3H3,(H,28,34)(H,29,35)(H2,30,31,32,33);4-6,9-11,13,18H,7-8,12H2,1-3H3,(H,28,33)(H,29,31,32);3-6,9,12-14,17H,7-8,10-11H2,1-2H3,(H,26,32)(H2,28,29,30,31)/t;19-;;/m.0../s1. The number of fused-ring (bicyclic) bond motifs is 6. The number of aromatic nitrogens is 15. The van der Waals surface area contributed by atoms with Gasteiger partial charge >= 0.3 is 0 Å². The molecule has 2 saturated heterocycles. The lowest BCUT2D eigenvalue weighted by atomic mass is 9.85. The number of nitrogens with one attached hydrogen (secondary N) is 12. The largest absolute Gasteiger partial charge is 0.496 e. The molecule has 2 saturated carbocycles. The summed E-state index contributed by atoms with van der Waals surface area (Å²) in [6.07, 6.45) is 18.6. The van der Waals surface area contributed by atoms with Crippen LogP contribution in [-0.2, 0) is 15.9 Å². The summed E-state index contributed by atoms with van der Waals surface area (Å²) in [6.45, 7) is 11.8. The van der Waals surface area contributed by atoms with Gasteiger partial charge in [0.25, 0.3) is 29.5 Å². The lowest BCUT2D eigenvalue weighted by Crippen LogP contribution is -2.35. The van der Waals surface area contributed by atoms with Crippen molar-refractivity contribution in [3.8, 4) is 79.5 Å². The number of carbonyl (C=O) groups is 5. The van der Waals surface area contributed by atoms with E-state index in [0.717, 1.165) is 156 Å². The molecule has 39 heteroatoms. The molecule has 22 rings (SSSR count). The molecule has 1 atom stereocenters. The van der Waals surface area contributed by atoms with E-state index in [9.17, 15) is 29.1 Å². The summed E-state index contributed by atoms with van der Waals surface area (Å²) in [5, 5.41) is 36.5. The Morgan fingerprint density at radius 2 is 0.791 bits per heavy atom. The van der Waals surface area contributed by atoms with E-state index in [1.165, 1.54) is 0 Å². The zero-order valence-electron chi connectivity index (χ0n) is 83.5. The Morgan fingerprint density at radius 3 is 1.24 bits per heavy atom. The number of oxazole rings is 2.